The molecule has 2 aromatic rings. The van der Waals surface area contributed by atoms with E-state index in [2.05, 4.69) is 50.6 Å². The lowest BCUT2D eigenvalue weighted by Crippen LogP contribution is -2.20. The lowest BCUT2D eigenvalue weighted by Gasteiger charge is -2.07. The zero-order valence-corrected chi connectivity index (χ0v) is 24.4. The van der Waals surface area contributed by atoms with Gasteiger partial charge in [0, 0.05) is 18.9 Å². The summed E-state index contributed by atoms with van der Waals surface area (Å²) in [6.45, 7) is 3.61. The number of nitrogens with one attached hydrogen (secondary N) is 2. The molecule has 0 radical (unpaired) electrons. The normalized spacial score (nSPS) is 11.3. The molecule has 0 aliphatic heterocycles. The number of hydrogen-bond donors (Lipinski definition) is 3. The Morgan fingerprint density at radius 3 is 2.23 bits per heavy atom. The third-order valence-corrected chi connectivity index (χ3v) is 7.09. The van der Waals surface area contributed by atoms with Gasteiger partial charge in [-0.3, -0.25) is 4.68 Å². The molecule has 0 amide bonds. The molecule has 2 rings (SSSR count). The predicted octanol–water partition coefficient (Wildman–Crippen LogP) is 6.88. The Balaban J connectivity index is 1.41. The van der Waals surface area contributed by atoms with Gasteiger partial charge >= 0.3 is 0 Å². The highest BCUT2D eigenvalue weighted by atomic mass is 16.1. The Morgan fingerprint density at radius 2 is 1.56 bits per heavy atom. The molecule has 8 heteroatoms. The maximum absolute atomic E-state index is 11.3. The highest BCUT2D eigenvalue weighted by Gasteiger charge is 2.04. The van der Waals surface area contributed by atoms with Crippen LogP contribution in [0, 0.1) is 0 Å². The Morgan fingerprint density at radius 1 is 0.923 bits per heavy atom. The summed E-state index contributed by atoms with van der Waals surface area (Å²) in [5.41, 5.74) is 8.31. The molecule has 0 fully saturated rings. The molecule has 0 aliphatic rings. The van der Waals surface area contributed by atoms with Crippen LogP contribution >= 0.6 is 0 Å². The zero-order valence-electron chi connectivity index (χ0n) is 24.4. The van der Waals surface area contributed by atoms with Crippen molar-refractivity contribution in [1.29, 1.82) is 0 Å². The van der Waals surface area contributed by atoms with Crippen molar-refractivity contribution < 1.29 is 4.79 Å². The lowest BCUT2D eigenvalue weighted by atomic mass is 10.1. The topological polar surface area (TPSA) is 115 Å². The number of imidazole rings is 1. The summed E-state index contributed by atoms with van der Waals surface area (Å²) in [5.74, 6) is 2.57. The van der Waals surface area contributed by atoms with Crippen molar-refractivity contribution in [3.05, 3.63) is 41.6 Å². The second-order valence-corrected chi connectivity index (χ2v) is 10.7. The fourth-order valence-electron chi connectivity index (χ4n) is 4.73. The number of nitrogens with zero attached hydrogens (tertiary/aromatic N) is 4. The van der Waals surface area contributed by atoms with Crippen molar-refractivity contribution in [2.75, 3.05) is 12.3 Å². The third-order valence-electron chi connectivity index (χ3n) is 7.09. The number of aromatic nitrogens is 5. The molecule has 0 aliphatic carbocycles. The minimum atomic E-state index is 0.481. The quantitative estimate of drug-likeness (QED) is 0.0719. The SMILES string of the molecule is CCCCCCCC/C=C\CCCCCCCC(=C=O)NCCn1cc(CCCCCc2c[nH]c(N)n2)nn1. The molecule has 0 atom stereocenters. The molecule has 0 bridgehead atoms. The van der Waals surface area contributed by atoms with Crippen LogP contribution in [-0.2, 0) is 24.2 Å². The van der Waals surface area contributed by atoms with E-state index in [1.54, 1.807) is 0 Å². The Bertz CT molecular complexity index is 942. The van der Waals surface area contributed by atoms with Crippen LogP contribution in [0.1, 0.15) is 127 Å². The molecular formula is C31H53N7O. The van der Waals surface area contributed by atoms with Gasteiger partial charge in [0.15, 0.2) is 5.95 Å². The number of allylic oxidation sites excluding steroid dienone is 3. The van der Waals surface area contributed by atoms with Gasteiger partial charge in [-0.25, -0.2) is 9.78 Å². The molecule has 0 aromatic carbocycles. The van der Waals surface area contributed by atoms with E-state index in [-0.39, 0.29) is 0 Å². The summed E-state index contributed by atoms with van der Waals surface area (Å²) < 4.78 is 1.85. The van der Waals surface area contributed by atoms with Gasteiger partial charge in [0.05, 0.1) is 23.6 Å². The number of rotatable bonds is 25. The first kappa shape index (κ1) is 32.4. The molecule has 0 saturated carbocycles. The fourth-order valence-corrected chi connectivity index (χ4v) is 4.73. The monoisotopic (exact) mass is 539 g/mol. The first-order chi connectivity index (χ1) is 19.2. The van der Waals surface area contributed by atoms with Crippen molar-refractivity contribution in [1.82, 2.24) is 30.3 Å². The minimum absolute atomic E-state index is 0.481. The van der Waals surface area contributed by atoms with Crippen molar-refractivity contribution >= 4 is 11.9 Å². The van der Waals surface area contributed by atoms with Gasteiger partial charge in [-0.15, -0.1) is 5.10 Å². The molecule has 218 valence electrons. The van der Waals surface area contributed by atoms with Crippen LogP contribution in [0.3, 0.4) is 0 Å². The smallest absolute Gasteiger partial charge is 0.197 e. The van der Waals surface area contributed by atoms with Gasteiger partial charge < -0.3 is 16.0 Å². The van der Waals surface area contributed by atoms with Gasteiger partial charge in [0.2, 0.25) is 0 Å². The molecule has 0 saturated heterocycles. The van der Waals surface area contributed by atoms with E-state index in [9.17, 15) is 4.79 Å². The van der Waals surface area contributed by atoms with E-state index in [1.807, 2.05) is 17.1 Å². The van der Waals surface area contributed by atoms with E-state index in [1.165, 1.54) is 70.6 Å². The van der Waals surface area contributed by atoms with Crippen molar-refractivity contribution in [3.63, 3.8) is 0 Å². The zero-order chi connectivity index (χ0) is 27.8. The minimum Gasteiger partial charge on any atom is -0.378 e. The van der Waals surface area contributed by atoms with Crippen molar-refractivity contribution in [2.24, 2.45) is 0 Å². The number of carbonyl (C=O) groups excluding carboxylic acids is 1. The molecular weight excluding hydrogens is 486 g/mol. The third kappa shape index (κ3) is 16.7. The average Bonchev–Trinajstić information content (AvgIpc) is 3.58. The Labute approximate surface area is 236 Å². The Kier molecular flexibility index (Phi) is 18.3. The van der Waals surface area contributed by atoms with Gasteiger partial charge in [-0.2, -0.15) is 0 Å². The lowest BCUT2D eigenvalue weighted by molar-refractivity contribution is 0.539. The molecule has 4 N–H and O–H groups in total. The van der Waals surface area contributed by atoms with Crippen LogP contribution in [0.15, 0.2) is 30.2 Å². The molecule has 39 heavy (non-hydrogen) atoms. The van der Waals surface area contributed by atoms with Crippen LogP contribution in [-0.4, -0.2) is 37.4 Å². The number of nitrogen functional groups attached to an aromatic ring is 1. The van der Waals surface area contributed by atoms with Crippen molar-refractivity contribution in [3.8, 4) is 0 Å². The van der Waals surface area contributed by atoms with Crippen LogP contribution in [0.25, 0.3) is 0 Å². The summed E-state index contributed by atoms with van der Waals surface area (Å²) in [6, 6.07) is 0. The number of H-pyrrole nitrogens is 1. The highest BCUT2D eigenvalue weighted by Crippen LogP contribution is 2.11. The van der Waals surface area contributed by atoms with E-state index in [0.717, 1.165) is 62.8 Å². The number of unbranched alkanes of at least 4 members (excludes halogenated alkanes) is 13. The number of anilines is 1. The Hall–Kier alpha value is -2.86. The first-order valence-corrected chi connectivity index (χ1v) is 15.5. The second kappa shape index (κ2) is 22.0. The van der Waals surface area contributed by atoms with Gasteiger partial charge in [0.25, 0.3) is 0 Å². The maximum atomic E-state index is 11.3. The highest BCUT2D eigenvalue weighted by molar-refractivity contribution is 5.51. The van der Waals surface area contributed by atoms with Gasteiger partial charge in [-0.1, -0.05) is 82.1 Å². The van der Waals surface area contributed by atoms with E-state index < -0.39 is 0 Å². The summed E-state index contributed by atoms with van der Waals surface area (Å²) in [6.07, 6.45) is 31.1. The molecule has 2 heterocycles. The van der Waals surface area contributed by atoms with Crippen LogP contribution < -0.4 is 11.1 Å². The fraction of sp³-hybridized carbons (Fsp3) is 0.710. The maximum Gasteiger partial charge on any atom is 0.197 e. The van der Waals surface area contributed by atoms with E-state index in [4.69, 9.17) is 5.73 Å². The molecule has 8 nitrogen and oxygen atoms in total. The standard InChI is InChI=1S/C31H53N7O/c1-2-3-4-5-6-7-8-9-10-11-12-13-14-15-17-22-30(27-39)33-23-24-38-26-29(36-37-38)21-19-16-18-20-28-25-34-31(32)35-28/h9-10,25-26,33H,2-8,11-24H2,1H3,(H3,32,34,35)/b10-9-. The summed E-state index contributed by atoms with van der Waals surface area (Å²) >= 11 is 0. The van der Waals surface area contributed by atoms with Crippen LogP contribution in [0.2, 0.25) is 0 Å². The summed E-state index contributed by atoms with van der Waals surface area (Å²) in [5, 5.41) is 11.7. The molecule has 0 spiro atoms. The van der Waals surface area contributed by atoms with E-state index >= 15 is 0 Å². The summed E-state index contributed by atoms with van der Waals surface area (Å²) in [7, 11) is 0. The molecule has 2 aromatic heterocycles. The van der Waals surface area contributed by atoms with Crippen LogP contribution in [0.5, 0.6) is 0 Å². The van der Waals surface area contributed by atoms with E-state index in [0.29, 0.717) is 24.7 Å². The number of aryl methyl sites for hydroxylation is 2. The second-order valence-electron chi connectivity index (χ2n) is 10.7. The summed E-state index contributed by atoms with van der Waals surface area (Å²) in [4.78, 5) is 18.5. The average molecular weight is 540 g/mol. The number of aromatic amines is 1. The molecule has 0 unspecified atom stereocenters. The van der Waals surface area contributed by atoms with Gasteiger partial charge in [-0.05, 0) is 64.2 Å². The largest absolute Gasteiger partial charge is 0.378 e. The number of hydrogen-bond acceptors (Lipinski definition) is 6. The number of nitrogens with two attached hydrogens (primary N) is 1. The first-order valence-electron chi connectivity index (χ1n) is 15.5. The van der Waals surface area contributed by atoms with Gasteiger partial charge in [0.1, 0.15) is 5.94 Å². The predicted molar refractivity (Wildman–Crippen MR) is 161 cm³/mol. The van der Waals surface area contributed by atoms with Crippen molar-refractivity contribution in [2.45, 2.75) is 135 Å². The van der Waals surface area contributed by atoms with Crippen LogP contribution in [0.4, 0.5) is 5.95 Å².